The van der Waals surface area contributed by atoms with E-state index in [1.54, 1.807) is 0 Å². The highest BCUT2D eigenvalue weighted by atomic mass is 16.7. The van der Waals surface area contributed by atoms with Gasteiger partial charge in [0.1, 0.15) is 0 Å². The van der Waals surface area contributed by atoms with Crippen LogP contribution in [0, 0.1) is 5.92 Å². The first-order chi connectivity index (χ1) is 10.8. The maximum absolute atomic E-state index is 12.2. The maximum Gasteiger partial charge on any atom is 0.494 e. The minimum Gasteiger partial charge on any atom is -0.399 e. The summed E-state index contributed by atoms with van der Waals surface area (Å²) in [6, 6.07) is 7.52. The van der Waals surface area contributed by atoms with E-state index in [1.807, 2.05) is 52.0 Å². The third-order valence-electron chi connectivity index (χ3n) is 5.47. The van der Waals surface area contributed by atoms with Crippen molar-refractivity contribution < 1.29 is 14.1 Å². The lowest BCUT2D eigenvalue weighted by Crippen LogP contribution is -2.41. The average Bonchev–Trinajstić information content (AvgIpc) is 2.66. The molecule has 23 heavy (non-hydrogen) atoms. The molecule has 2 fully saturated rings. The Bertz CT molecular complexity index is 562. The summed E-state index contributed by atoms with van der Waals surface area (Å²) in [5, 5.41) is 3.01. The Morgan fingerprint density at radius 2 is 1.70 bits per heavy atom. The van der Waals surface area contributed by atoms with E-state index in [0.717, 1.165) is 12.0 Å². The predicted molar refractivity (Wildman–Crippen MR) is 91.8 cm³/mol. The van der Waals surface area contributed by atoms with Gasteiger partial charge in [0.05, 0.1) is 11.2 Å². The average molecular weight is 315 g/mol. The van der Waals surface area contributed by atoms with Gasteiger partial charge in [0.2, 0.25) is 0 Å². The van der Waals surface area contributed by atoms with E-state index in [2.05, 4.69) is 5.32 Å². The van der Waals surface area contributed by atoms with Crippen molar-refractivity contribution in [1.82, 2.24) is 5.32 Å². The van der Waals surface area contributed by atoms with Gasteiger partial charge in [-0.2, -0.15) is 0 Å². The fourth-order valence-corrected chi connectivity index (χ4v) is 2.81. The molecule has 3 rings (SSSR count). The second-order valence-electron chi connectivity index (χ2n) is 7.72. The summed E-state index contributed by atoms with van der Waals surface area (Å²) < 4.78 is 12.1. The maximum atomic E-state index is 12.2. The van der Waals surface area contributed by atoms with Crippen molar-refractivity contribution in [3.05, 3.63) is 29.8 Å². The molecule has 2 aliphatic rings. The van der Waals surface area contributed by atoms with Crippen molar-refractivity contribution >= 4 is 18.5 Å². The lowest BCUT2D eigenvalue weighted by atomic mass is 9.79. The Hall–Kier alpha value is -1.33. The number of hydrogen-bond donors (Lipinski definition) is 1. The van der Waals surface area contributed by atoms with E-state index in [4.69, 9.17) is 9.31 Å². The lowest BCUT2D eigenvalue weighted by molar-refractivity contribution is 0.00578. The molecule has 1 aliphatic heterocycles. The van der Waals surface area contributed by atoms with E-state index in [-0.39, 0.29) is 24.2 Å². The molecule has 1 saturated carbocycles. The summed E-state index contributed by atoms with van der Waals surface area (Å²) in [5.41, 5.74) is 0.927. The third-order valence-corrected chi connectivity index (χ3v) is 5.47. The van der Waals surface area contributed by atoms with Gasteiger partial charge in [-0.3, -0.25) is 4.79 Å². The van der Waals surface area contributed by atoms with Crippen LogP contribution in [-0.4, -0.2) is 30.8 Å². The van der Waals surface area contributed by atoms with Gasteiger partial charge in [-0.1, -0.05) is 18.6 Å². The minimum absolute atomic E-state index is 0.00244. The van der Waals surface area contributed by atoms with Crippen molar-refractivity contribution in [2.45, 2.75) is 58.2 Å². The molecule has 0 atom stereocenters. The van der Waals surface area contributed by atoms with Gasteiger partial charge in [0, 0.05) is 12.1 Å². The molecule has 0 bridgehead atoms. The Balaban J connectivity index is 1.62. The first-order valence-corrected chi connectivity index (χ1v) is 8.52. The number of hydrogen-bond acceptors (Lipinski definition) is 3. The van der Waals surface area contributed by atoms with Crippen molar-refractivity contribution in [3.8, 4) is 0 Å². The second kappa shape index (κ2) is 5.95. The number of nitrogens with one attached hydrogen (secondary N) is 1. The number of carbonyl (C=O) groups is 1. The van der Waals surface area contributed by atoms with Crippen LogP contribution >= 0.6 is 0 Å². The normalized spacial score (nSPS) is 22.7. The summed E-state index contributed by atoms with van der Waals surface area (Å²) in [5.74, 6) is 0.667. The standard InChI is InChI=1S/C18H26BNO3/c1-17(2)18(3,4)23-19(22-17)15-10-8-14(9-11-15)16(21)20-12-13-6-5-7-13/h8-11,13H,5-7,12H2,1-4H3,(H,20,21). The van der Waals surface area contributed by atoms with Crippen LogP contribution in [-0.2, 0) is 9.31 Å². The SMILES string of the molecule is CC1(C)OB(c2ccc(C(=O)NCC3CCC3)cc2)OC1(C)C. The largest absolute Gasteiger partial charge is 0.494 e. The van der Waals surface area contributed by atoms with Gasteiger partial charge in [-0.15, -0.1) is 0 Å². The first-order valence-electron chi connectivity index (χ1n) is 8.52. The molecule has 5 heteroatoms. The van der Waals surface area contributed by atoms with Crippen LogP contribution in [0.1, 0.15) is 57.3 Å². The monoisotopic (exact) mass is 315 g/mol. The molecule has 1 aliphatic carbocycles. The van der Waals surface area contributed by atoms with Crippen molar-refractivity contribution in [2.75, 3.05) is 6.54 Å². The molecular weight excluding hydrogens is 289 g/mol. The smallest absolute Gasteiger partial charge is 0.399 e. The van der Waals surface area contributed by atoms with Crippen molar-refractivity contribution in [3.63, 3.8) is 0 Å². The topological polar surface area (TPSA) is 47.6 Å². The van der Waals surface area contributed by atoms with Crippen molar-refractivity contribution in [1.29, 1.82) is 0 Å². The highest BCUT2D eigenvalue weighted by Gasteiger charge is 2.51. The van der Waals surface area contributed by atoms with Crippen LogP contribution in [0.15, 0.2) is 24.3 Å². The molecule has 4 nitrogen and oxygen atoms in total. The predicted octanol–water partition coefficient (Wildman–Crippen LogP) is 2.52. The molecule has 1 N–H and O–H groups in total. The van der Waals surface area contributed by atoms with Gasteiger partial charge in [0.25, 0.3) is 5.91 Å². The number of benzene rings is 1. The van der Waals surface area contributed by atoms with Gasteiger partial charge >= 0.3 is 7.12 Å². The van der Waals surface area contributed by atoms with Gasteiger partial charge < -0.3 is 14.6 Å². The van der Waals surface area contributed by atoms with E-state index >= 15 is 0 Å². The summed E-state index contributed by atoms with van der Waals surface area (Å²) in [6.07, 6.45) is 3.77. The molecule has 0 radical (unpaired) electrons. The Morgan fingerprint density at radius 3 is 2.17 bits per heavy atom. The van der Waals surface area contributed by atoms with E-state index < -0.39 is 0 Å². The van der Waals surface area contributed by atoms with Crippen LogP contribution in [0.5, 0.6) is 0 Å². The molecule has 0 spiro atoms. The van der Waals surface area contributed by atoms with Crippen molar-refractivity contribution in [2.24, 2.45) is 5.92 Å². The van der Waals surface area contributed by atoms with E-state index in [1.165, 1.54) is 19.3 Å². The van der Waals surface area contributed by atoms with Gasteiger partial charge in [-0.05, 0) is 64.1 Å². The van der Waals surface area contributed by atoms with Crippen LogP contribution in [0.3, 0.4) is 0 Å². The molecular formula is C18H26BNO3. The van der Waals surface area contributed by atoms with E-state index in [0.29, 0.717) is 11.5 Å². The molecule has 0 unspecified atom stereocenters. The minimum atomic E-state index is -0.382. The highest BCUT2D eigenvalue weighted by Crippen LogP contribution is 2.36. The summed E-state index contributed by atoms with van der Waals surface area (Å²) in [6.45, 7) is 8.94. The quantitative estimate of drug-likeness (QED) is 0.869. The molecule has 1 aromatic rings. The van der Waals surface area contributed by atoms with E-state index in [9.17, 15) is 4.79 Å². The zero-order valence-electron chi connectivity index (χ0n) is 14.5. The zero-order valence-corrected chi connectivity index (χ0v) is 14.5. The molecule has 1 aromatic carbocycles. The zero-order chi connectivity index (χ0) is 16.7. The Kier molecular flexibility index (Phi) is 4.28. The van der Waals surface area contributed by atoms with Crippen LogP contribution in [0.25, 0.3) is 0 Å². The second-order valence-corrected chi connectivity index (χ2v) is 7.72. The fourth-order valence-electron chi connectivity index (χ4n) is 2.81. The van der Waals surface area contributed by atoms with Gasteiger partial charge in [0.15, 0.2) is 0 Å². The third kappa shape index (κ3) is 3.31. The summed E-state index contributed by atoms with van der Waals surface area (Å²) in [7, 11) is -0.382. The van der Waals surface area contributed by atoms with Crippen LogP contribution < -0.4 is 10.8 Å². The molecule has 1 heterocycles. The van der Waals surface area contributed by atoms with Gasteiger partial charge in [-0.25, -0.2) is 0 Å². The summed E-state index contributed by atoms with van der Waals surface area (Å²) >= 11 is 0. The highest BCUT2D eigenvalue weighted by molar-refractivity contribution is 6.62. The fraction of sp³-hybridized carbons (Fsp3) is 0.611. The lowest BCUT2D eigenvalue weighted by Gasteiger charge is -2.32. The Morgan fingerprint density at radius 1 is 1.13 bits per heavy atom. The first kappa shape index (κ1) is 16.5. The number of rotatable bonds is 4. The Labute approximate surface area is 139 Å². The molecule has 1 amide bonds. The number of amides is 1. The molecule has 124 valence electrons. The van der Waals surface area contributed by atoms with Crippen LogP contribution in [0.4, 0.5) is 0 Å². The number of carbonyl (C=O) groups excluding carboxylic acids is 1. The molecule has 0 aromatic heterocycles. The summed E-state index contributed by atoms with van der Waals surface area (Å²) in [4.78, 5) is 12.2. The van der Waals surface area contributed by atoms with Crippen LogP contribution in [0.2, 0.25) is 0 Å². The molecule has 1 saturated heterocycles.